The van der Waals surface area contributed by atoms with Gasteiger partial charge >= 0.3 is 0 Å². The van der Waals surface area contributed by atoms with Crippen LogP contribution in [-0.2, 0) is 4.79 Å². The fraction of sp³-hybridized carbons (Fsp3) is 0.875. The summed E-state index contributed by atoms with van der Waals surface area (Å²) in [6.07, 6.45) is 1.51. The summed E-state index contributed by atoms with van der Waals surface area (Å²) in [4.78, 5) is 11.1. The summed E-state index contributed by atoms with van der Waals surface area (Å²) in [6, 6.07) is 0. The molecular formula is C8H17NOS. The van der Waals surface area contributed by atoms with Gasteiger partial charge in [-0.25, -0.2) is 0 Å². The Kier molecular flexibility index (Phi) is 4.57. The molecule has 0 atom stereocenters. The monoisotopic (exact) mass is 175 g/mol. The van der Waals surface area contributed by atoms with Crippen molar-refractivity contribution < 1.29 is 4.79 Å². The molecule has 0 saturated carbocycles. The molecule has 0 spiro atoms. The van der Waals surface area contributed by atoms with Gasteiger partial charge in [-0.15, -0.1) is 0 Å². The molecule has 0 aliphatic rings. The summed E-state index contributed by atoms with van der Waals surface area (Å²) in [5.41, 5.74) is -0.171. The van der Waals surface area contributed by atoms with Crippen LogP contribution in [0.2, 0.25) is 0 Å². The van der Waals surface area contributed by atoms with Crippen LogP contribution in [0, 0.1) is 0 Å². The molecule has 3 heteroatoms. The van der Waals surface area contributed by atoms with Crippen molar-refractivity contribution >= 4 is 18.5 Å². The third-order valence-corrected chi connectivity index (χ3v) is 2.14. The molecular weight excluding hydrogens is 158 g/mol. The predicted octanol–water partition coefficient (Wildman–Crippen LogP) is 1.61. The number of amides is 1. The zero-order chi connectivity index (χ0) is 8.91. The number of nitrogens with one attached hydrogen (secondary N) is 1. The minimum atomic E-state index is -0.171. The fourth-order valence-corrected chi connectivity index (χ4v) is 0.786. The zero-order valence-electron chi connectivity index (χ0n) is 7.48. The molecule has 0 bridgehead atoms. The lowest BCUT2D eigenvalue weighted by Crippen LogP contribution is -2.44. The molecule has 0 aromatic heterocycles. The first-order valence-electron chi connectivity index (χ1n) is 3.93. The van der Waals surface area contributed by atoms with E-state index in [0.29, 0.717) is 12.2 Å². The van der Waals surface area contributed by atoms with Crippen LogP contribution >= 0.6 is 12.6 Å². The van der Waals surface area contributed by atoms with Gasteiger partial charge in [-0.05, 0) is 20.3 Å². The van der Waals surface area contributed by atoms with Crippen LogP contribution in [0.1, 0.15) is 33.6 Å². The number of rotatable bonds is 4. The standard InChI is InChI=1S/C8H17NOS/c1-4-5-7(10)9-8(2,3)6-11/h11H,4-6H2,1-3H3,(H,9,10). The van der Waals surface area contributed by atoms with Gasteiger partial charge in [-0.3, -0.25) is 4.79 Å². The number of hydrogen-bond acceptors (Lipinski definition) is 2. The Morgan fingerprint density at radius 1 is 1.55 bits per heavy atom. The molecule has 0 unspecified atom stereocenters. The van der Waals surface area contributed by atoms with Crippen LogP contribution in [0.4, 0.5) is 0 Å². The summed E-state index contributed by atoms with van der Waals surface area (Å²) in [5, 5.41) is 2.89. The van der Waals surface area contributed by atoms with E-state index in [4.69, 9.17) is 0 Å². The Bertz CT molecular complexity index is 134. The van der Waals surface area contributed by atoms with E-state index >= 15 is 0 Å². The van der Waals surface area contributed by atoms with Crippen molar-refractivity contribution in [3.05, 3.63) is 0 Å². The minimum Gasteiger partial charge on any atom is -0.350 e. The van der Waals surface area contributed by atoms with Crippen LogP contribution in [0.3, 0.4) is 0 Å². The van der Waals surface area contributed by atoms with Crippen LogP contribution in [-0.4, -0.2) is 17.2 Å². The summed E-state index contributed by atoms with van der Waals surface area (Å²) >= 11 is 4.13. The van der Waals surface area contributed by atoms with Crippen molar-refractivity contribution in [3.63, 3.8) is 0 Å². The van der Waals surface area contributed by atoms with Gasteiger partial charge in [-0.2, -0.15) is 12.6 Å². The molecule has 2 nitrogen and oxygen atoms in total. The highest BCUT2D eigenvalue weighted by Crippen LogP contribution is 2.04. The maximum Gasteiger partial charge on any atom is 0.220 e. The summed E-state index contributed by atoms with van der Waals surface area (Å²) in [7, 11) is 0. The van der Waals surface area contributed by atoms with Gasteiger partial charge in [0.1, 0.15) is 0 Å². The van der Waals surface area contributed by atoms with E-state index in [1.807, 2.05) is 20.8 Å². The average molecular weight is 175 g/mol. The second kappa shape index (κ2) is 4.65. The first-order valence-corrected chi connectivity index (χ1v) is 4.57. The van der Waals surface area contributed by atoms with E-state index in [0.717, 1.165) is 6.42 Å². The van der Waals surface area contributed by atoms with Crippen molar-refractivity contribution in [3.8, 4) is 0 Å². The van der Waals surface area contributed by atoms with Crippen LogP contribution in [0.15, 0.2) is 0 Å². The topological polar surface area (TPSA) is 29.1 Å². The van der Waals surface area contributed by atoms with E-state index in [1.54, 1.807) is 0 Å². The molecule has 1 amide bonds. The van der Waals surface area contributed by atoms with Crippen molar-refractivity contribution in [2.24, 2.45) is 0 Å². The van der Waals surface area contributed by atoms with E-state index in [-0.39, 0.29) is 11.4 Å². The minimum absolute atomic E-state index is 0.117. The van der Waals surface area contributed by atoms with Gasteiger partial charge in [0.25, 0.3) is 0 Å². The highest BCUT2D eigenvalue weighted by atomic mass is 32.1. The van der Waals surface area contributed by atoms with Gasteiger partial charge in [0.05, 0.1) is 0 Å². The highest BCUT2D eigenvalue weighted by molar-refractivity contribution is 7.80. The highest BCUT2D eigenvalue weighted by Gasteiger charge is 2.16. The summed E-state index contributed by atoms with van der Waals surface area (Å²) in [5.74, 6) is 0.786. The molecule has 1 N–H and O–H groups in total. The molecule has 0 aromatic rings. The van der Waals surface area contributed by atoms with Gasteiger partial charge in [0.15, 0.2) is 0 Å². The van der Waals surface area contributed by atoms with Crippen molar-refractivity contribution in [2.45, 2.75) is 39.2 Å². The smallest absolute Gasteiger partial charge is 0.220 e. The molecule has 0 saturated heterocycles. The van der Waals surface area contributed by atoms with E-state index < -0.39 is 0 Å². The number of hydrogen-bond donors (Lipinski definition) is 2. The first-order chi connectivity index (χ1) is 5.02. The predicted molar refractivity (Wildman–Crippen MR) is 51.0 cm³/mol. The Morgan fingerprint density at radius 2 is 2.09 bits per heavy atom. The molecule has 0 heterocycles. The fourth-order valence-electron chi connectivity index (χ4n) is 0.707. The molecule has 0 rings (SSSR count). The van der Waals surface area contributed by atoms with Crippen LogP contribution in [0.5, 0.6) is 0 Å². The molecule has 0 aromatic carbocycles. The largest absolute Gasteiger partial charge is 0.350 e. The molecule has 0 radical (unpaired) electrons. The quantitative estimate of drug-likeness (QED) is 0.625. The lowest BCUT2D eigenvalue weighted by Gasteiger charge is -2.23. The Morgan fingerprint density at radius 3 is 2.45 bits per heavy atom. The van der Waals surface area contributed by atoms with E-state index in [9.17, 15) is 4.79 Å². The molecule has 0 aliphatic carbocycles. The van der Waals surface area contributed by atoms with Crippen LogP contribution in [0.25, 0.3) is 0 Å². The van der Waals surface area contributed by atoms with Crippen molar-refractivity contribution in [2.75, 3.05) is 5.75 Å². The summed E-state index contributed by atoms with van der Waals surface area (Å²) < 4.78 is 0. The van der Waals surface area contributed by atoms with Crippen molar-refractivity contribution in [1.82, 2.24) is 5.32 Å². The van der Waals surface area contributed by atoms with Gasteiger partial charge in [-0.1, -0.05) is 6.92 Å². The normalized spacial score (nSPS) is 11.3. The zero-order valence-corrected chi connectivity index (χ0v) is 8.37. The average Bonchev–Trinajstić information content (AvgIpc) is 1.87. The Balaban J connectivity index is 3.74. The SMILES string of the molecule is CCCC(=O)NC(C)(C)CS. The maximum atomic E-state index is 11.1. The Hall–Kier alpha value is -0.180. The lowest BCUT2D eigenvalue weighted by atomic mass is 10.1. The number of thiol groups is 1. The van der Waals surface area contributed by atoms with Gasteiger partial charge in [0.2, 0.25) is 5.91 Å². The first kappa shape index (κ1) is 10.8. The second-order valence-corrected chi connectivity index (χ2v) is 3.66. The third kappa shape index (κ3) is 5.13. The van der Waals surface area contributed by atoms with E-state index in [2.05, 4.69) is 17.9 Å². The number of carbonyl (C=O) groups is 1. The summed E-state index contributed by atoms with van der Waals surface area (Å²) in [6.45, 7) is 5.92. The van der Waals surface area contributed by atoms with Gasteiger partial charge in [0, 0.05) is 17.7 Å². The number of carbonyl (C=O) groups excluding carboxylic acids is 1. The lowest BCUT2D eigenvalue weighted by molar-refractivity contribution is -0.122. The third-order valence-electron chi connectivity index (χ3n) is 1.35. The van der Waals surface area contributed by atoms with E-state index in [1.165, 1.54) is 0 Å². The second-order valence-electron chi connectivity index (χ2n) is 3.34. The molecule has 0 aliphatic heterocycles. The van der Waals surface area contributed by atoms with Crippen LogP contribution < -0.4 is 5.32 Å². The Labute approximate surface area is 74.2 Å². The van der Waals surface area contributed by atoms with Gasteiger partial charge < -0.3 is 5.32 Å². The molecule has 66 valence electrons. The van der Waals surface area contributed by atoms with Crippen molar-refractivity contribution in [1.29, 1.82) is 0 Å². The molecule has 0 fully saturated rings. The maximum absolute atomic E-state index is 11.1. The molecule has 11 heavy (non-hydrogen) atoms.